The van der Waals surface area contributed by atoms with Crippen molar-refractivity contribution in [3.05, 3.63) is 59.0 Å². The molecule has 0 saturated carbocycles. The maximum Gasteiger partial charge on any atom is 0.416 e. The average Bonchev–Trinajstić information content (AvgIpc) is 2.94. The van der Waals surface area contributed by atoms with Gasteiger partial charge in [-0.1, -0.05) is 12.1 Å². The number of alkyl halides is 3. The van der Waals surface area contributed by atoms with Crippen LogP contribution in [-0.4, -0.2) is 11.8 Å². The summed E-state index contributed by atoms with van der Waals surface area (Å²) < 4.78 is 42.4. The zero-order valence-corrected chi connectivity index (χ0v) is 11.8. The molecule has 3 N–H and O–H groups in total. The second-order valence-corrected chi connectivity index (χ2v) is 4.78. The van der Waals surface area contributed by atoms with Gasteiger partial charge in [-0.05, 0) is 29.8 Å². The molecule has 0 bridgehead atoms. The first-order valence-electron chi connectivity index (χ1n) is 6.57. The Morgan fingerprint density at radius 2 is 1.74 bits per heavy atom. The molecule has 0 spiro atoms. The fourth-order valence-corrected chi connectivity index (χ4v) is 1.85. The van der Waals surface area contributed by atoms with E-state index in [4.69, 9.17) is 10.2 Å². The third-order valence-corrected chi connectivity index (χ3v) is 3.01. The summed E-state index contributed by atoms with van der Waals surface area (Å²) in [5.74, 6) is -0.773. The summed E-state index contributed by atoms with van der Waals surface area (Å²) in [7, 11) is 0. The van der Waals surface area contributed by atoms with Crippen molar-refractivity contribution in [2.75, 3.05) is 0 Å². The van der Waals surface area contributed by atoms with Crippen LogP contribution in [0.4, 0.5) is 13.2 Å². The number of carbonyl (C=O) groups excluding carboxylic acids is 2. The topological polar surface area (TPSA) is 85.3 Å². The average molecular weight is 326 g/mol. The summed E-state index contributed by atoms with van der Waals surface area (Å²) in [5.41, 5.74) is 4.71. The van der Waals surface area contributed by atoms with E-state index in [1.54, 1.807) is 0 Å². The van der Waals surface area contributed by atoms with Gasteiger partial charge in [-0.25, -0.2) is 0 Å². The smallest absolute Gasteiger partial charge is 0.416 e. The van der Waals surface area contributed by atoms with Crippen LogP contribution in [0.1, 0.15) is 27.4 Å². The highest BCUT2D eigenvalue weighted by molar-refractivity contribution is 5.89. The Bertz CT molecular complexity index is 706. The number of hydrogen-bond acceptors (Lipinski definition) is 3. The minimum absolute atomic E-state index is 0.0167. The zero-order valence-electron chi connectivity index (χ0n) is 11.8. The molecule has 2 aromatic rings. The number of halogens is 3. The summed E-state index contributed by atoms with van der Waals surface area (Å²) in [4.78, 5) is 22.6. The van der Waals surface area contributed by atoms with Crippen molar-refractivity contribution in [2.24, 2.45) is 5.73 Å². The molecule has 0 saturated heterocycles. The van der Waals surface area contributed by atoms with Gasteiger partial charge >= 0.3 is 6.18 Å². The highest BCUT2D eigenvalue weighted by atomic mass is 19.4. The molecule has 2 rings (SSSR count). The second kappa shape index (κ2) is 6.55. The Morgan fingerprint density at radius 1 is 1.09 bits per heavy atom. The molecule has 1 aromatic carbocycles. The van der Waals surface area contributed by atoms with Crippen molar-refractivity contribution in [3.8, 4) is 0 Å². The molecular weight excluding hydrogens is 313 g/mol. The Morgan fingerprint density at radius 3 is 2.26 bits per heavy atom. The monoisotopic (exact) mass is 326 g/mol. The molecule has 0 unspecified atom stereocenters. The molecule has 0 fully saturated rings. The maximum atomic E-state index is 12.4. The van der Waals surface area contributed by atoms with Gasteiger partial charge in [0.1, 0.15) is 5.76 Å². The number of benzene rings is 1. The third kappa shape index (κ3) is 4.60. The molecule has 2 amide bonds. The fourth-order valence-electron chi connectivity index (χ4n) is 1.85. The van der Waals surface area contributed by atoms with Crippen molar-refractivity contribution in [1.29, 1.82) is 0 Å². The van der Waals surface area contributed by atoms with Gasteiger partial charge in [0, 0.05) is 0 Å². The van der Waals surface area contributed by atoms with E-state index in [0.29, 0.717) is 11.3 Å². The fraction of sp³-hybridized carbons (Fsp3) is 0.200. The molecule has 122 valence electrons. The SMILES string of the molecule is NC(=O)c1ccc(CNC(=O)Cc2ccc(C(F)(F)F)cc2)o1. The van der Waals surface area contributed by atoms with Gasteiger partial charge in [0.2, 0.25) is 5.91 Å². The Balaban J connectivity index is 1.88. The van der Waals surface area contributed by atoms with Crippen LogP contribution >= 0.6 is 0 Å². The lowest BCUT2D eigenvalue weighted by molar-refractivity contribution is -0.137. The van der Waals surface area contributed by atoms with Crippen molar-refractivity contribution in [2.45, 2.75) is 19.1 Å². The van der Waals surface area contributed by atoms with Gasteiger partial charge in [-0.2, -0.15) is 13.2 Å². The van der Waals surface area contributed by atoms with Crippen molar-refractivity contribution >= 4 is 11.8 Å². The Labute approximate surface area is 129 Å². The van der Waals surface area contributed by atoms with Crippen LogP contribution in [0.25, 0.3) is 0 Å². The first-order valence-corrected chi connectivity index (χ1v) is 6.57. The number of furan rings is 1. The maximum absolute atomic E-state index is 12.4. The van der Waals surface area contributed by atoms with Gasteiger partial charge in [0.15, 0.2) is 5.76 Å². The van der Waals surface area contributed by atoms with Gasteiger partial charge < -0.3 is 15.5 Å². The van der Waals surface area contributed by atoms with Crippen LogP contribution in [-0.2, 0) is 23.9 Å². The van der Waals surface area contributed by atoms with E-state index in [2.05, 4.69) is 5.32 Å². The first-order chi connectivity index (χ1) is 10.8. The lowest BCUT2D eigenvalue weighted by atomic mass is 10.1. The molecular formula is C15H13F3N2O3. The van der Waals surface area contributed by atoms with E-state index < -0.39 is 17.6 Å². The highest BCUT2D eigenvalue weighted by Gasteiger charge is 2.29. The predicted octanol–water partition coefficient (Wildman–Crippen LogP) is 2.26. The molecule has 0 atom stereocenters. The van der Waals surface area contributed by atoms with Gasteiger partial charge in [0.25, 0.3) is 5.91 Å². The number of nitrogens with one attached hydrogen (secondary N) is 1. The standard InChI is InChI=1S/C15H13F3N2O3/c16-15(17,18)10-3-1-9(2-4-10)7-13(21)20-8-11-5-6-12(23-11)14(19)22/h1-6H,7-8H2,(H2,19,22)(H,20,21). The molecule has 23 heavy (non-hydrogen) atoms. The van der Waals surface area contributed by atoms with Crippen LogP contribution in [0.2, 0.25) is 0 Å². The van der Waals surface area contributed by atoms with Gasteiger partial charge in [-0.15, -0.1) is 0 Å². The number of nitrogens with two attached hydrogens (primary N) is 1. The molecule has 0 aliphatic carbocycles. The lowest BCUT2D eigenvalue weighted by Gasteiger charge is -2.07. The summed E-state index contributed by atoms with van der Waals surface area (Å²) in [6, 6.07) is 7.24. The number of rotatable bonds is 5. The predicted molar refractivity (Wildman–Crippen MR) is 74.2 cm³/mol. The van der Waals surface area contributed by atoms with Crippen LogP contribution < -0.4 is 11.1 Å². The number of hydrogen-bond donors (Lipinski definition) is 2. The van der Waals surface area contributed by atoms with Crippen molar-refractivity contribution < 1.29 is 27.2 Å². The van der Waals surface area contributed by atoms with Crippen molar-refractivity contribution in [3.63, 3.8) is 0 Å². The van der Waals surface area contributed by atoms with E-state index in [9.17, 15) is 22.8 Å². The highest BCUT2D eigenvalue weighted by Crippen LogP contribution is 2.29. The minimum atomic E-state index is -4.40. The Kier molecular flexibility index (Phi) is 4.73. The van der Waals surface area contributed by atoms with Crippen LogP contribution in [0.15, 0.2) is 40.8 Å². The molecule has 0 aliphatic rings. The first kappa shape index (κ1) is 16.6. The van der Waals surface area contributed by atoms with Crippen molar-refractivity contribution in [1.82, 2.24) is 5.32 Å². The molecule has 0 radical (unpaired) electrons. The third-order valence-electron chi connectivity index (χ3n) is 3.01. The van der Waals surface area contributed by atoms with E-state index in [0.717, 1.165) is 12.1 Å². The molecule has 0 aliphatic heterocycles. The Hall–Kier alpha value is -2.77. The van der Waals surface area contributed by atoms with Crippen LogP contribution in [0, 0.1) is 0 Å². The number of amides is 2. The minimum Gasteiger partial charge on any atom is -0.454 e. The van der Waals surface area contributed by atoms with Gasteiger partial charge in [0.05, 0.1) is 18.5 Å². The molecule has 8 heteroatoms. The van der Waals surface area contributed by atoms with E-state index >= 15 is 0 Å². The summed E-state index contributed by atoms with van der Waals surface area (Å²) >= 11 is 0. The van der Waals surface area contributed by atoms with E-state index in [1.165, 1.54) is 24.3 Å². The quantitative estimate of drug-likeness (QED) is 0.884. The molecule has 1 aromatic heterocycles. The summed E-state index contributed by atoms with van der Waals surface area (Å²) in [5, 5.41) is 2.54. The molecule has 5 nitrogen and oxygen atoms in total. The second-order valence-electron chi connectivity index (χ2n) is 4.78. The van der Waals surface area contributed by atoms with Crippen LogP contribution in [0.3, 0.4) is 0 Å². The van der Waals surface area contributed by atoms with E-state index in [1.807, 2.05) is 0 Å². The number of carbonyl (C=O) groups is 2. The number of primary amides is 1. The van der Waals surface area contributed by atoms with E-state index in [-0.39, 0.29) is 24.6 Å². The largest absolute Gasteiger partial charge is 0.454 e. The zero-order chi connectivity index (χ0) is 17.0. The summed E-state index contributed by atoms with van der Waals surface area (Å²) in [6.07, 6.45) is -4.47. The molecule has 1 heterocycles. The normalized spacial score (nSPS) is 11.3. The summed E-state index contributed by atoms with van der Waals surface area (Å²) in [6.45, 7) is 0.0484. The lowest BCUT2D eigenvalue weighted by Crippen LogP contribution is -2.24. The van der Waals surface area contributed by atoms with Gasteiger partial charge in [-0.3, -0.25) is 9.59 Å². The van der Waals surface area contributed by atoms with Crippen LogP contribution in [0.5, 0.6) is 0 Å².